The number of ether oxygens (including phenoxy) is 2. The van der Waals surface area contributed by atoms with E-state index in [0.29, 0.717) is 11.7 Å². The van der Waals surface area contributed by atoms with E-state index in [2.05, 4.69) is 20.3 Å². The van der Waals surface area contributed by atoms with Gasteiger partial charge in [-0.3, -0.25) is 19.1 Å². The van der Waals surface area contributed by atoms with Crippen molar-refractivity contribution in [2.24, 2.45) is 7.05 Å². The number of carbonyl (C=O) groups excluding carboxylic acids is 1. The number of pyridine rings is 1. The second-order valence-corrected chi connectivity index (χ2v) is 10.6. The third-order valence-corrected chi connectivity index (χ3v) is 6.49. The van der Waals surface area contributed by atoms with E-state index in [-0.39, 0.29) is 17.6 Å². The molecule has 12 heteroatoms. The third-order valence-electron chi connectivity index (χ3n) is 6.49. The number of hydrogen-bond donors (Lipinski definition) is 1. The average Bonchev–Trinajstić information content (AvgIpc) is 3.46. The molecule has 0 aliphatic heterocycles. The molecule has 0 bridgehead atoms. The molecule has 0 aromatic carbocycles. The van der Waals surface area contributed by atoms with Crippen LogP contribution in [-0.2, 0) is 11.8 Å². The molecule has 4 aromatic heterocycles. The smallest absolute Gasteiger partial charge is 0.415 e. The quantitative estimate of drug-likeness (QED) is 0.420. The molecule has 0 atom stereocenters. The molecule has 5 rings (SSSR count). The maximum absolute atomic E-state index is 12.7. The summed E-state index contributed by atoms with van der Waals surface area (Å²) in [6.07, 6.45) is 9.42. The van der Waals surface area contributed by atoms with Crippen molar-refractivity contribution in [1.29, 1.82) is 0 Å². The number of fused-ring (bicyclic) bond motifs is 1. The van der Waals surface area contributed by atoms with Crippen LogP contribution in [0.3, 0.4) is 0 Å². The minimum atomic E-state index is -0.617. The number of carbonyl (C=O) groups is 1. The molecule has 1 amide bonds. The first kappa shape index (κ1) is 25.4. The number of nitrogens with zero attached hydrogens (tertiary/aromatic N) is 7. The van der Waals surface area contributed by atoms with Crippen molar-refractivity contribution in [3.05, 3.63) is 47.1 Å². The van der Waals surface area contributed by atoms with E-state index in [1.54, 1.807) is 24.1 Å². The van der Waals surface area contributed by atoms with Gasteiger partial charge in [0.1, 0.15) is 23.2 Å². The second kappa shape index (κ2) is 9.92. The molecule has 1 N–H and O–H groups in total. The van der Waals surface area contributed by atoms with Crippen LogP contribution >= 0.6 is 0 Å². The maximum atomic E-state index is 12.7. The highest BCUT2D eigenvalue weighted by molar-refractivity contribution is 5.95. The number of anilines is 1. The number of aromatic nitrogens is 7. The molecule has 4 aromatic rings. The number of aromatic amines is 1. The fraction of sp³-hybridized carbons (Fsp3) is 0.462. The number of nitrogens with one attached hydrogen (secondary N) is 1. The van der Waals surface area contributed by atoms with Crippen molar-refractivity contribution in [3.63, 3.8) is 0 Å². The number of hydrogen-bond acceptors (Lipinski definition) is 8. The molecule has 1 aliphatic carbocycles. The van der Waals surface area contributed by atoms with Crippen LogP contribution in [0.25, 0.3) is 22.2 Å². The summed E-state index contributed by atoms with van der Waals surface area (Å²) in [6.45, 7) is 5.49. The van der Waals surface area contributed by atoms with Gasteiger partial charge < -0.3 is 9.47 Å². The molecule has 0 saturated heterocycles. The Hall–Kier alpha value is -4.22. The molecule has 0 radical (unpaired) electrons. The van der Waals surface area contributed by atoms with E-state index < -0.39 is 11.7 Å². The Labute approximate surface area is 219 Å². The summed E-state index contributed by atoms with van der Waals surface area (Å²) in [5, 5.41) is 16.8. The van der Waals surface area contributed by atoms with E-state index in [9.17, 15) is 9.59 Å². The predicted octanol–water partition coefficient (Wildman–Crippen LogP) is 3.85. The molecular formula is C26H32N8O4. The minimum absolute atomic E-state index is 0.0266. The molecule has 1 fully saturated rings. The molecule has 0 spiro atoms. The van der Waals surface area contributed by atoms with Gasteiger partial charge in [-0.25, -0.2) is 14.9 Å². The van der Waals surface area contributed by atoms with Crippen LogP contribution < -0.4 is 15.1 Å². The highest BCUT2D eigenvalue weighted by Crippen LogP contribution is 2.36. The lowest BCUT2D eigenvalue weighted by Gasteiger charge is -2.29. The monoisotopic (exact) mass is 520 g/mol. The number of H-pyrrole nitrogens is 1. The Morgan fingerprint density at radius 1 is 1.13 bits per heavy atom. The summed E-state index contributed by atoms with van der Waals surface area (Å²) >= 11 is 0. The third kappa shape index (κ3) is 5.38. The number of rotatable bonds is 5. The lowest BCUT2D eigenvalue weighted by Crippen LogP contribution is -2.34. The van der Waals surface area contributed by atoms with E-state index in [0.717, 1.165) is 47.8 Å². The summed E-state index contributed by atoms with van der Waals surface area (Å²) in [5.74, 6) is 0.855. The number of aryl methyl sites for hydroxylation is 1. The van der Waals surface area contributed by atoms with Crippen LogP contribution in [0, 0.1) is 0 Å². The molecular weight excluding hydrogens is 488 g/mol. The Morgan fingerprint density at radius 2 is 1.89 bits per heavy atom. The largest absolute Gasteiger partial charge is 0.475 e. The van der Waals surface area contributed by atoms with Gasteiger partial charge in [0, 0.05) is 49.6 Å². The fourth-order valence-corrected chi connectivity index (χ4v) is 4.67. The first-order valence-corrected chi connectivity index (χ1v) is 12.6. The van der Waals surface area contributed by atoms with Gasteiger partial charge in [0.15, 0.2) is 0 Å². The molecule has 1 saturated carbocycles. The Bertz CT molecular complexity index is 1510. The summed E-state index contributed by atoms with van der Waals surface area (Å²) in [7, 11) is 3.52. The van der Waals surface area contributed by atoms with Crippen molar-refractivity contribution in [2.45, 2.75) is 64.2 Å². The zero-order chi connectivity index (χ0) is 27.0. The van der Waals surface area contributed by atoms with E-state index in [1.165, 1.54) is 17.2 Å². The number of amides is 1. The van der Waals surface area contributed by atoms with Gasteiger partial charge in [0.05, 0.1) is 24.0 Å². The Kier molecular flexibility index (Phi) is 6.64. The second-order valence-electron chi connectivity index (χ2n) is 10.6. The van der Waals surface area contributed by atoms with Gasteiger partial charge in [0.2, 0.25) is 11.3 Å². The van der Waals surface area contributed by atoms with Gasteiger partial charge in [-0.1, -0.05) is 0 Å². The Morgan fingerprint density at radius 3 is 2.55 bits per heavy atom. The minimum Gasteiger partial charge on any atom is -0.475 e. The normalized spacial score (nSPS) is 17.9. The maximum Gasteiger partial charge on any atom is 0.415 e. The molecule has 4 heterocycles. The van der Waals surface area contributed by atoms with Crippen molar-refractivity contribution >= 4 is 22.8 Å². The fourth-order valence-electron chi connectivity index (χ4n) is 4.67. The van der Waals surface area contributed by atoms with Crippen LogP contribution in [0.5, 0.6) is 5.88 Å². The molecule has 0 unspecified atom stereocenters. The van der Waals surface area contributed by atoms with Gasteiger partial charge in [-0.2, -0.15) is 15.3 Å². The zero-order valence-electron chi connectivity index (χ0n) is 22.2. The summed E-state index contributed by atoms with van der Waals surface area (Å²) in [6, 6.07) is 3.42. The first-order chi connectivity index (χ1) is 18.1. The predicted molar refractivity (Wildman–Crippen MR) is 141 cm³/mol. The average molecular weight is 521 g/mol. The molecule has 1 aliphatic rings. The summed E-state index contributed by atoms with van der Waals surface area (Å²) < 4.78 is 15.3. The summed E-state index contributed by atoms with van der Waals surface area (Å²) in [5.41, 5.74) is 1.75. The van der Waals surface area contributed by atoms with E-state index >= 15 is 0 Å². The van der Waals surface area contributed by atoms with E-state index in [4.69, 9.17) is 14.6 Å². The zero-order valence-corrected chi connectivity index (χ0v) is 22.2. The van der Waals surface area contributed by atoms with Crippen molar-refractivity contribution in [2.75, 3.05) is 11.9 Å². The van der Waals surface area contributed by atoms with E-state index in [1.807, 2.05) is 44.8 Å². The van der Waals surface area contributed by atoms with Crippen LogP contribution in [0.4, 0.5) is 10.6 Å². The SMILES string of the molecule is CN(C(=O)OC(C)(C)C)c1cc2c(cn1)c(-c1cnn(C)c1)nn2C1CCC(Oc2cc(=O)cn[nH]2)CC1. The summed E-state index contributed by atoms with van der Waals surface area (Å²) in [4.78, 5) is 30.3. The van der Waals surface area contributed by atoms with Crippen molar-refractivity contribution in [1.82, 2.24) is 34.7 Å². The Balaban J connectivity index is 1.44. The van der Waals surface area contributed by atoms with Gasteiger partial charge in [-0.15, -0.1) is 0 Å². The van der Waals surface area contributed by atoms with Crippen LogP contribution in [-0.4, -0.2) is 59.6 Å². The van der Waals surface area contributed by atoms with Crippen molar-refractivity contribution < 1.29 is 14.3 Å². The van der Waals surface area contributed by atoms with Crippen LogP contribution in [0.1, 0.15) is 52.5 Å². The molecule has 200 valence electrons. The lowest BCUT2D eigenvalue weighted by molar-refractivity contribution is 0.0588. The van der Waals surface area contributed by atoms with Gasteiger partial charge in [-0.05, 0) is 46.5 Å². The lowest BCUT2D eigenvalue weighted by atomic mass is 9.93. The standard InChI is InChI=1S/C26H32N8O4/c1-26(2,3)38-25(36)33(5)22-11-21-20(14-27-22)24(16-12-29-32(4)15-16)31-34(21)17-6-8-19(9-7-17)37-23-10-18(35)13-28-30-23/h10-15,17,19H,6-9H2,1-5H3,(H,30,35). The van der Waals surface area contributed by atoms with Crippen LogP contribution in [0.15, 0.2) is 41.7 Å². The highest BCUT2D eigenvalue weighted by atomic mass is 16.6. The topological polar surface area (TPSA) is 133 Å². The highest BCUT2D eigenvalue weighted by Gasteiger charge is 2.28. The first-order valence-electron chi connectivity index (χ1n) is 12.6. The molecule has 12 nitrogen and oxygen atoms in total. The van der Waals surface area contributed by atoms with Crippen molar-refractivity contribution in [3.8, 4) is 17.1 Å². The van der Waals surface area contributed by atoms with Crippen LogP contribution in [0.2, 0.25) is 0 Å². The van der Waals surface area contributed by atoms with Gasteiger partial charge in [0.25, 0.3) is 0 Å². The van der Waals surface area contributed by atoms with Gasteiger partial charge >= 0.3 is 6.09 Å². The molecule has 38 heavy (non-hydrogen) atoms.